The van der Waals surface area contributed by atoms with E-state index >= 15 is 0 Å². The molecule has 2 aliphatic rings. The van der Waals surface area contributed by atoms with E-state index in [1.54, 1.807) is 4.68 Å². The molecule has 2 saturated carbocycles. The van der Waals surface area contributed by atoms with Crippen LogP contribution in [0.15, 0.2) is 5.16 Å². The second-order valence-corrected chi connectivity index (χ2v) is 8.44. The van der Waals surface area contributed by atoms with E-state index in [0.717, 1.165) is 28.1 Å². The molecule has 7 nitrogen and oxygen atoms in total. The molecule has 2 fully saturated rings. The van der Waals surface area contributed by atoms with E-state index in [4.69, 9.17) is 0 Å². The number of rotatable bonds is 6. The summed E-state index contributed by atoms with van der Waals surface area (Å²) in [5.74, 6) is 1.67. The van der Waals surface area contributed by atoms with Gasteiger partial charge < -0.3 is 9.88 Å². The first-order valence-electron chi connectivity index (χ1n) is 8.88. The van der Waals surface area contributed by atoms with Crippen LogP contribution in [0.5, 0.6) is 0 Å². The molecular weight excluding hydrogens is 336 g/mol. The standard InChI is InChI=1S/C17H24N6OS/c1-9-14(10(2)22(4)21-9)18-16(24)11(3)25-17-20-19-15(12-5-6-12)23(17)13-7-8-13/h11-13H,5-8H2,1-4H3,(H,18,24)/t11-/m1/s1. The predicted molar refractivity (Wildman–Crippen MR) is 96.9 cm³/mol. The van der Waals surface area contributed by atoms with Crippen LogP contribution in [0.1, 0.15) is 61.8 Å². The number of carbonyl (C=O) groups excluding carboxylic acids is 1. The Balaban J connectivity index is 1.48. The van der Waals surface area contributed by atoms with Crippen LogP contribution in [0.3, 0.4) is 0 Å². The van der Waals surface area contributed by atoms with Crippen LogP contribution in [0.2, 0.25) is 0 Å². The van der Waals surface area contributed by atoms with Crippen LogP contribution >= 0.6 is 11.8 Å². The summed E-state index contributed by atoms with van der Waals surface area (Å²) in [5.41, 5.74) is 2.60. The third-order valence-electron chi connectivity index (χ3n) is 4.95. The summed E-state index contributed by atoms with van der Waals surface area (Å²) in [5, 5.41) is 16.8. The van der Waals surface area contributed by atoms with E-state index in [9.17, 15) is 4.79 Å². The second kappa shape index (κ2) is 6.16. The van der Waals surface area contributed by atoms with Gasteiger partial charge in [-0.3, -0.25) is 9.48 Å². The Morgan fingerprint density at radius 2 is 1.96 bits per heavy atom. The molecule has 8 heteroatoms. The lowest BCUT2D eigenvalue weighted by Gasteiger charge is -2.13. The number of anilines is 1. The molecule has 0 radical (unpaired) electrons. The first-order chi connectivity index (χ1) is 12.0. The summed E-state index contributed by atoms with van der Waals surface area (Å²) in [6, 6.07) is 0.533. The molecule has 1 atom stereocenters. The van der Waals surface area contributed by atoms with Crippen molar-refractivity contribution in [3.8, 4) is 0 Å². The molecular formula is C17H24N6OS. The van der Waals surface area contributed by atoms with E-state index in [1.165, 1.54) is 37.4 Å². The molecule has 0 unspecified atom stereocenters. The smallest absolute Gasteiger partial charge is 0.237 e. The molecule has 0 aromatic carbocycles. The lowest BCUT2D eigenvalue weighted by atomic mass is 10.3. The van der Waals surface area contributed by atoms with Crippen molar-refractivity contribution in [2.24, 2.45) is 7.05 Å². The summed E-state index contributed by atoms with van der Waals surface area (Å²) >= 11 is 1.50. The number of nitrogens with zero attached hydrogens (tertiary/aromatic N) is 5. The van der Waals surface area contributed by atoms with Gasteiger partial charge in [-0.2, -0.15) is 5.10 Å². The van der Waals surface area contributed by atoms with Crippen LogP contribution in [-0.2, 0) is 11.8 Å². The maximum Gasteiger partial charge on any atom is 0.237 e. The van der Waals surface area contributed by atoms with Gasteiger partial charge in [0.1, 0.15) is 5.82 Å². The van der Waals surface area contributed by atoms with Gasteiger partial charge in [-0.1, -0.05) is 11.8 Å². The van der Waals surface area contributed by atoms with Crippen LogP contribution in [0.4, 0.5) is 5.69 Å². The van der Waals surface area contributed by atoms with Gasteiger partial charge in [0, 0.05) is 19.0 Å². The minimum atomic E-state index is -0.243. The fraction of sp³-hybridized carbons (Fsp3) is 0.647. The van der Waals surface area contributed by atoms with Gasteiger partial charge in [-0.15, -0.1) is 10.2 Å². The van der Waals surface area contributed by atoms with Crippen molar-refractivity contribution in [1.82, 2.24) is 24.5 Å². The molecule has 2 aromatic rings. The number of aromatic nitrogens is 5. The first kappa shape index (κ1) is 16.6. The molecule has 0 bridgehead atoms. The molecule has 0 spiro atoms. The number of hydrogen-bond donors (Lipinski definition) is 1. The highest BCUT2D eigenvalue weighted by atomic mass is 32.2. The Morgan fingerprint density at radius 1 is 1.24 bits per heavy atom. The Labute approximate surface area is 151 Å². The SMILES string of the molecule is Cc1nn(C)c(C)c1NC(=O)[C@@H](C)Sc1nnc(C2CC2)n1C1CC1. The van der Waals surface area contributed by atoms with E-state index in [0.29, 0.717) is 12.0 Å². The minimum absolute atomic E-state index is 0.0254. The van der Waals surface area contributed by atoms with Gasteiger partial charge in [-0.05, 0) is 46.5 Å². The maximum atomic E-state index is 12.7. The normalized spacial score (nSPS) is 18.4. The molecule has 0 saturated heterocycles. The average molecular weight is 360 g/mol. The van der Waals surface area contributed by atoms with Gasteiger partial charge in [0.2, 0.25) is 5.91 Å². The Kier molecular flexibility index (Phi) is 4.10. The van der Waals surface area contributed by atoms with E-state index in [1.807, 2.05) is 27.8 Å². The zero-order chi connectivity index (χ0) is 17.7. The summed E-state index contributed by atoms with van der Waals surface area (Å²) < 4.78 is 4.07. The minimum Gasteiger partial charge on any atom is -0.322 e. The molecule has 1 amide bonds. The van der Waals surface area contributed by atoms with Crippen molar-refractivity contribution in [3.05, 3.63) is 17.2 Å². The fourth-order valence-corrected chi connectivity index (χ4v) is 3.98. The summed E-state index contributed by atoms with van der Waals surface area (Å²) in [6.45, 7) is 5.79. The lowest BCUT2D eigenvalue weighted by Crippen LogP contribution is -2.23. The number of hydrogen-bond acceptors (Lipinski definition) is 5. The fourth-order valence-electron chi connectivity index (χ4n) is 3.06. The van der Waals surface area contributed by atoms with Gasteiger partial charge in [-0.25, -0.2) is 0 Å². The quantitative estimate of drug-likeness (QED) is 0.802. The van der Waals surface area contributed by atoms with Gasteiger partial charge in [0.05, 0.1) is 22.3 Å². The lowest BCUT2D eigenvalue weighted by molar-refractivity contribution is -0.115. The highest BCUT2D eigenvalue weighted by Crippen LogP contribution is 2.46. The molecule has 25 heavy (non-hydrogen) atoms. The number of nitrogens with one attached hydrogen (secondary N) is 1. The Hall–Kier alpha value is -1.83. The molecule has 2 aromatic heterocycles. The van der Waals surface area contributed by atoms with Crippen molar-refractivity contribution in [1.29, 1.82) is 0 Å². The Morgan fingerprint density at radius 3 is 2.52 bits per heavy atom. The van der Waals surface area contributed by atoms with E-state index < -0.39 is 0 Å². The van der Waals surface area contributed by atoms with Crippen molar-refractivity contribution >= 4 is 23.4 Å². The second-order valence-electron chi connectivity index (χ2n) is 7.13. The zero-order valence-electron chi connectivity index (χ0n) is 15.1. The van der Waals surface area contributed by atoms with Crippen LogP contribution in [0.25, 0.3) is 0 Å². The number of thioether (sulfide) groups is 1. The van der Waals surface area contributed by atoms with Crippen molar-refractivity contribution in [3.63, 3.8) is 0 Å². The first-order valence-corrected chi connectivity index (χ1v) is 9.76. The van der Waals surface area contributed by atoms with Gasteiger partial charge >= 0.3 is 0 Å². The summed E-state index contributed by atoms with van der Waals surface area (Å²) in [6.07, 6.45) is 4.82. The van der Waals surface area contributed by atoms with E-state index in [2.05, 4.69) is 25.2 Å². The molecule has 4 rings (SSSR count). The molecule has 2 heterocycles. The topological polar surface area (TPSA) is 77.6 Å². The monoisotopic (exact) mass is 360 g/mol. The van der Waals surface area contributed by atoms with Crippen LogP contribution in [0, 0.1) is 13.8 Å². The predicted octanol–water partition coefficient (Wildman–Crippen LogP) is 2.96. The number of amides is 1. The average Bonchev–Trinajstić information content (AvgIpc) is 3.49. The zero-order valence-corrected chi connectivity index (χ0v) is 15.9. The Bertz CT molecular complexity index is 817. The molecule has 0 aliphatic heterocycles. The highest BCUT2D eigenvalue weighted by Gasteiger charge is 2.37. The van der Waals surface area contributed by atoms with Crippen molar-refractivity contribution in [2.45, 2.75) is 68.8 Å². The largest absolute Gasteiger partial charge is 0.322 e. The van der Waals surface area contributed by atoms with Crippen molar-refractivity contribution in [2.75, 3.05) is 5.32 Å². The van der Waals surface area contributed by atoms with Crippen molar-refractivity contribution < 1.29 is 4.79 Å². The summed E-state index contributed by atoms with van der Waals surface area (Å²) in [4.78, 5) is 12.7. The maximum absolute atomic E-state index is 12.7. The third-order valence-corrected chi connectivity index (χ3v) is 6.01. The number of carbonyl (C=O) groups is 1. The molecule has 1 N–H and O–H groups in total. The number of aryl methyl sites for hydroxylation is 2. The van der Waals surface area contributed by atoms with Crippen LogP contribution < -0.4 is 5.32 Å². The highest BCUT2D eigenvalue weighted by molar-refractivity contribution is 8.00. The summed E-state index contributed by atoms with van der Waals surface area (Å²) in [7, 11) is 1.88. The third kappa shape index (κ3) is 3.19. The van der Waals surface area contributed by atoms with Crippen LogP contribution in [-0.4, -0.2) is 35.7 Å². The van der Waals surface area contributed by atoms with E-state index in [-0.39, 0.29) is 11.2 Å². The molecule has 2 aliphatic carbocycles. The van der Waals surface area contributed by atoms with Gasteiger partial charge in [0.25, 0.3) is 0 Å². The van der Waals surface area contributed by atoms with Gasteiger partial charge in [0.15, 0.2) is 5.16 Å². The molecule has 134 valence electrons.